The SMILES string of the molecule is CSCCC(C)N(C)CC(=O)OC(C)C. The molecule has 4 heteroatoms. The number of nitrogens with zero attached hydrogens (tertiary/aromatic N) is 1. The molecule has 0 bridgehead atoms. The molecule has 0 aliphatic rings. The highest BCUT2D eigenvalue weighted by molar-refractivity contribution is 7.98. The van der Waals surface area contributed by atoms with Gasteiger partial charge in [0.05, 0.1) is 12.6 Å². The maximum atomic E-state index is 11.4. The van der Waals surface area contributed by atoms with E-state index >= 15 is 0 Å². The molecule has 1 unspecified atom stereocenters. The smallest absolute Gasteiger partial charge is 0.320 e. The zero-order valence-corrected chi connectivity index (χ0v) is 11.3. The minimum Gasteiger partial charge on any atom is -0.462 e. The van der Waals surface area contributed by atoms with E-state index in [-0.39, 0.29) is 12.1 Å². The van der Waals surface area contributed by atoms with E-state index in [4.69, 9.17) is 4.74 Å². The van der Waals surface area contributed by atoms with Gasteiger partial charge in [-0.15, -0.1) is 0 Å². The average molecular weight is 233 g/mol. The van der Waals surface area contributed by atoms with Gasteiger partial charge in [-0.1, -0.05) is 0 Å². The van der Waals surface area contributed by atoms with E-state index < -0.39 is 0 Å². The van der Waals surface area contributed by atoms with Crippen LogP contribution < -0.4 is 0 Å². The van der Waals surface area contributed by atoms with Crippen molar-refractivity contribution in [1.82, 2.24) is 4.90 Å². The van der Waals surface area contributed by atoms with Crippen molar-refractivity contribution in [2.45, 2.75) is 39.3 Å². The Hall–Kier alpha value is -0.220. The number of carbonyl (C=O) groups excluding carboxylic acids is 1. The first kappa shape index (κ1) is 14.8. The zero-order chi connectivity index (χ0) is 11.8. The van der Waals surface area contributed by atoms with Crippen LogP contribution >= 0.6 is 11.8 Å². The summed E-state index contributed by atoms with van der Waals surface area (Å²) in [5, 5.41) is 0. The normalized spacial score (nSPS) is 13.3. The Morgan fingerprint density at radius 1 is 1.40 bits per heavy atom. The van der Waals surface area contributed by atoms with E-state index in [0.29, 0.717) is 12.6 Å². The molecule has 0 aliphatic carbocycles. The quantitative estimate of drug-likeness (QED) is 0.629. The first-order chi connectivity index (χ1) is 6.97. The van der Waals surface area contributed by atoms with E-state index in [2.05, 4.69) is 13.2 Å². The first-order valence-electron chi connectivity index (χ1n) is 5.36. The van der Waals surface area contributed by atoms with Crippen molar-refractivity contribution in [2.24, 2.45) is 0 Å². The number of thioether (sulfide) groups is 1. The number of ether oxygens (including phenoxy) is 1. The summed E-state index contributed by atoms with van der Waals surface area (Å²) in [5.41, 5.74) is 0. The highest BCUT2D eigenvalue weighted by atomic mass is 32.2. The summed E-state index contributed by atoms with van der Waals surface area (Å²) in [6.07, 6.45) is 3.18. The van der Waals surface area contributed by atoms with Crippen LogP contribution in [0.5, 0.6) is 0 Å². The van der Waals surface area contributed by atoms with Crippen molar-refractivity contribution in [2.75, 3.05) is 25.6 Å². The van der Waals surface area contributed by atoms with Gasteiger partial charge in [0.2, 0.25) is 0 Å². The Morgan fingerprint density at radius 2 is 2.00 bits per heavy atom. The van der Waals surface area contributed by atoms with Gasteiger partial charge in [0.1, 0.15) is 0 Å². The molecule has 15 heavy (non-hydrogen) atoms. The van der Waals surface area contributed by atoms with E-state index in [0.717, 1.165) is 12.2 Å². The minimum absolute atomic E-state index is 0.0209. The van der Waals surface area contributed by atoms with E-state index in [1.807, 2.05) is 37.6 Å². The first-order valence-corrected chi connectivity index (χ1v) is 6.75. The average Bonchev–Trinajstić information content (AvgIpc) is 2.12. The van der Waals surface area contributed by atoms with Gasteiger partial charge in [0.25, 0.3) is 0 Å². The number of likely N-dealkylation sites (N-methyl/N-ethyl adjacent to an activating group) is 1. The third-order valence-corrected chi connectivity index (χ3v) is 2.88. The summed E-state index contributed by atoms with van der Waals surface area (Å²) in [6, 6.07) is 0.428. The van der Waals surface area contributed by atoms with Gasteiger partial charge in [-0.2, -0.15) is 11.8 Å². The fourth-order valence-corrected chi connectivity index (χ4v) is 1.75. The van der Waals surface area contributed by atoms with Crippen molar-refractivity contribution >= 4 is 17.7 Å². The van der Waals surface area contributed by atoms with E-state index in [1.165, 1.54) is 0 Å². The third-order valence-electron chi connectivity index (χ3n) is 2.24. The Bertz CT molecular complexity index is 185. The Morgan fingerprint density at radius 3 is 2.47 bits per heavy atom. The van der Waals surface area contributed by atoms with Crippen molar-refractivity contribution in [3.63, 3.8) is 0 Å². The highest BCUT2D eigenvalue weighted by Gasteiger charge is 2.14. The molecule has 0 radical (unpaired) electrons. The molecule has 0 rings (SSSR count). The van der Waals surface area contributed by atoms with Crippen molar-refractivity contribution in [1.29, 1.82) is 0 Å². The molecule has 0 amide bonds. The summed E-state index contributed by atoms with van der Waals surface area (Å²) in [7, 11) is 1.96. The highest BCUT2D eigenvalue weighted by Crippen LogP contribution is 2.06. The molecule has 0 heterocycles. The van der Waals surface area contributed by atoms with Crippen LogP contribution in [0.4, 0.5) is 0 Å². The molecule has 3 nitrogen and oxygen atoms in total. The summed E-state index contributed by atoms with van der Waals surface area (Å²) in [5.74, 6) is 0.994. The van der Waals surface area contributed by atoms with Gasteiger partial charge in [-0.05, 0) is 46.2 Å². The van der Waals surface area contributed by atoms with Crippen LogP contribution in [0.25, 0.3) is 0 Å². The predicted molar refractivity (Wildman–Crippen MR) is 66.3 cm³/mol. The molecule has 0 N–H and O–H groups in total. The third kappa shape index (κ3) is 7.68. The Labute approximate surface area is 97.5 Å². The van der Waals surface area contributed by atoms with Gasteiger partial charge >= 0.3 is 5.97 Å². The van der Waals surface area contributed by atoms with Crippen LogP contribution in [0.2, 0.25) is 0 Å². The summed E-state index contributed by atoms with van der Waals surface area (Å²) >= 11 is 1.83. The lowest BCUT2D eigenvalue weighted by Crippen LogP contribution is -2.35. The number of hydrogen-bond donors (Lipinski definition) is 0. The minimum atomic E-state index is -0.136. The number of rotatable bonds is 7. The molecule has 0 spiro atoms. The Balaban J connectivity index is 3.79. The molecule has 0 saturated carbocycles. The van der Waals surface area contributed by atoms with E-state index in [1.54, 1.807) is 0 Å². The van der Waals surface area contributed by atoms with Crippen LogP contribution in [-0.4, -0.2) is 48.6 Å². The van der Waals surface area contributed by atoms with Gasteiger partial charge < -0.3 is 4.74 Å². The van der Waals surface area contributed by atoms with Crippen LogP contribution in [0, 0.1) is 0 Å². The summed E-state index contributed by atoms with van der Waals surface area (Å²) in [4.78, 5) is 13.4. The zero-order valence-electron chi connectivity index (χ0n) is 10.4. The van der Waals surface area contributed by atoms with Gasteiger partial charge in [0, 0.05) is 6.04 Å². The fraction of sp³-hybridized carbons (Fsp3) is 0.909. The van der Waals surface area contributed by atoms with E-state index in [9.17, 15) is 4.79 Å². The lowest BCUT2D eigenvalue weighted by atomic mass is 10.2. The molecule has 0 saturated heterocycles. The maximum absolute atomic E-state index is 11.4. The molecule has 90 valence electrons. The van der Waals surface area contributed by atoms with Crippen molar-refractivity contribution < 1.29 is 9.53 Å². The van der Waals surface area contributed by atoms with Crippen LogP contribution in [-0.2, 0) is 9.53 Å². The molecular weight excluding hydrogens is 210 g/mol. The molecule has 0 fully saturated rings. The van der Waals surface area contributed by atoms with Crippen LogP contribution in [0.15, 0.2) is 0 Å². The standard InChI is InChI=1S/C11H23NO2S/c1-9(2)14-11(13)8-12(4)10(3)6-7-15-5/h9-10H,6-8H2,1-5H3. The second-order valence-corrected chi connectivity index (χ2v) is 5.07. The molecular formula is C11H23NO2S. The maximum Gasteiger partial charge on any atom is 0.320 e. The van der Waals surface area contributed by atoms with Crippen LogP contribution in [0.1, 0.15) is 27.2 Å². The second kappa shape index (κ2) is 7.99. The lowest BCUT2D eigenvalue weighted by molar-refractivity contribution is -0.148. The predicted octanol–water partition coefficient (Wildman–Crippen LogP) is 2.01. The number of carbonyl (C=O) groups is 1. The number of esters is 1. The van der Waals surface area contributed by atoms with Gasteiger partial charge in [-0.3, -0.25) is 9.69 Å². The molecule has 0 aromatic heterocycles. The Kier molecular flexibility index (Phi) is 7.88. The summed E-state index contributed by atoms with van der Waals surface area (Å²) < 4.78 is 5.09. The summed E-state index contributed by atoms with van der Waals surface area (Å²) in [6.45, 7) is 6.26. The topological polar surface area (TPSA) is 29.5 Å². The molecule has 0 aliphatic heterocycles. The molecule has 0 aromatic carbocycles. The lowest BCUT2D eigenvalue weighted by Gasteiger charge is -2.23. The molecule has 0 aromatic rings. The fourth-order valence-electron chi connectivity index (χ4n) is 1.17. The van der Waals surface area contributed by atoms with Crippen molar-refractivity contribution in [3.8, 4) is 0 Å². The van der Waals surface area contributed by atoms with Crippen LogP contribution in [0.3, 0.4) is 0 Å². The van der Waals surface area contributed by atoms with Gasteiger partial charge in [-0.25, -0.2) is 0 Å². The second-order valence-electron chi connectivity index (χ2n) is 4.08. The number of hydrogen-bond acceptors (Lipinski definition) is 4. The largest absolute Gasteiger partial charge is 0.462 e. The van der Waals surface area contributed by atoms with Crippen molar-refractivity contribution in [3.05, 3.63) is 0 Å². The molecule has 1 atom stereocenters. The van der Waals surface area contributed by atoms with Gasteiger partial charge in [0.15, 0.2) is 0 Å². The monoisotopic (exact) mass is 233 g/mol.